The number of carbonyl (C=O) groups excluding carboxylic acids is 1. The number of rotatable bonds is 3. The predicted molar refractivity (Wildman–Crippen MR) is 128 cm³/mol. The normalized spacial score (nSPS) is 14.3. The Kier molecular flexibility index (Phi) is 4.69. The lowest BCUT2D eigenvalue weighted by molar-refractivity contribution is 0.0303. The molecule has 3 aromatic heterocycles. The molecule has 33 heavy (non-hydrogen) atoms. The summed E-state index contributed by atoms with van der Waals surface area (Å²) < 4.78 is 7.48. The fraction of sp³-hybridized carbons (Fsp3) is 0.192. The van der Waals surface area contributed by atoms with E-state index in [9.17, 15) is 4.79 Å². The number of nitrogens with zero attached hydrogens (tertiary/aromatic N) is 4. The number of aryl methyl sites for hydroxylation is 1. The first-order valence-electron chi connectivity index (χ1n) is 11.0. The lowest BCUT2D eigenvalue weighted by atomic mass is 10.0. The van der Waals surface area contributed by atoms with E-state index in [1.165, 1.54) is 10.9 Å². The van der Waals surface area contributed by atoms with Crippen molar-refractivity contribution in [2.24, 2.45) is 7.05 Å². The van der Waals surface area contributed by atoms with Crippen LogP contribution in [0.4, 0.5) is 0 Å². The molecule has 1 fully saturated rings. The Balaban J connectivity index is 1.38. The first kappa shape index (κ1) is 19.7. The van der Waals surface area contributed by atoms with Crippen molar-refractivity contribution < 1.29 is 9.53 Å². The first-order valence-corrected chi connectivity index (χ1v) is 11.0. The molecule has 1 aliphatic rings. The summed E-state index contributed by atoms with van der Waals surface area (Å²) >= 11 is 0. The van der Waals surface area contributed by atoms with Gasteiger partial charge >= 0.3 is 0 Å². The summed E-state index contributed by atoms with van der Waals surface area (Å²) in [6.45, 7) is 2.43. The summed E-state index contributed by atoms with van der Waals surface area (Å²) in [5.74, 6) is 0.0364. The van der Waals surface area contributed by atoms with E-state index in [0.29, 0.717) is 37.5 Å². The number of ether oxygens (including phenoxy) is 1. The number of aromatic amines is 1. The van der Waals surface area contributed by atoms with Crippen LogP contribution in [0.15, 0.2) is 67.0 Å². The van der Waals surface area contributed by atoms with Crippen molar-refractivity contribution in [3.05, 3.63) is 72.6 Å². The zero-order chi connectivity index (χ0) is 22.4. The van der Waals surface area contributed by atoms with E-state index in [1.807, 2.05) is 42.4 Å². The number of morpholine rings is 1. The third-order valence-electron chi connectivity index (χ3n) is 6.32. The van der Waals surface area contributed by atoms with Crippen molar-refractivity contribution in [2.45, 2.75) is 0 Å². The number of hydrogen-bond acceptors (Lipinski definition) is 4. The average Bonchev–Trinajstić information content (AvgIpc) is 3.47. The average molecular weight is 438 g/mol. The molecule has 1 amide bonds. The smallest absolute Gasteiger partial charge is 0.254 e. The van der Waals surface area contributed by atoms with Gasteiger partial charge in [0.2, 0.25) is 0 Å². The van der Waals surface area contributed by atoms with E-state index in [0.717, 1.165) is 27.8 Å². The largest absolute Gasteiger partial charge is 0.378 e. The summed E-state index contributed by atoms with van der Waals surface area (Å²) in [7, 11) is 2.04. The van der Waals surface area contributed by atoms with Crippen LogP contribution < -0.4 is 0 Å². The van der Waals surface area contributed by atoms with E-state index in [-0.39, 0.29) is 5.91 Å². The van der Waals surface area contributed by atoms with Crippen LogP contribution in [0.5, 0.6) is 0 Å². The minimum Gasteiger partial charge on any atom is -0.378 e. The molecule has 0 radical (unpaired) electrons. The molecule has 0 saturated carbocycles. The minimum absolute atomic E-state index is 0.0364. The molecule has 1 N–H and O–H groups in total. The lowest BCUT2D eigenvalue weighted by Crippen LogP contribution is -2.40. The quantitative estimate of drug-likeness (QED) is 0.458. The number of fused-ring (bicyclic) bond motifs is 2. The molecule has 7 nitrogen and oxygen atoms in total. The number of hydrogen-bond donors (Lipinski definition) is 1. The highest BCUT2D eigenvalue weighted by Crippen LogP contribution is 2.31. The van der Waals surface area contributed by atoms with Gasteiger partial charge in [-0.3, -0.25) is 9.89 Å². The Morgan fingerprint density at radius 2 is 1.88 bits per heavy atom. The molecule has 7 heteroatoms. The molecule has 0 unspecified atom stereocenters. The second-order valence-electron chi connectivity index (χ2n) is 8.38. The second-order valence-corrected chi connectivity index (χ2v) is 8.38. The number of nitrogens with one attached hydrogen (secondary N) is 1. The zero-order valence-corrected chi connectivity index (χ0v) is 18.3. The molecular formula is C26H23N5O2. The van der Waals surface area contributed by atoms with Crippen LogP contribution in [0, 0.1) is 0 Å². The molecular weight excluding hydrogens is 414 g/mol. The Bertz CT molecular complexity index is 1490. The number of aromatic nitrogens is 4. The number of H-pyrrole nitrogens is 1. The van der Waals surface area contributed by atoms with Crippen LogP contribution in [-0.2, 0) is 11.8 Å². The van der Waals surface area contributed by atoms with E-state index in [4.69, 9.17) is 4.74 Å². The topological polar surface area (TPSA) is 76.0 Å². The van der Waals surface area contributed by atoms with Crippen molar-refractivity contribution in [3.8, 4) is 22.4 Å². The van der Waals surface area contributed by atoms with Crippen molar-refractivity contribution in [1.82, 2.24) is 24.6 Å². The molecule has 0 spiro atoms. The van der Waals surface area contributed by atoms with Gasteiger partial charge in [0.25, 0.3) is 5.91 Å². The number of carbonyl (C=O) groups is 1. The van der Waals surface area contributed by atoms with E-state index < -0.39 is 0 Å². The second kappa shape index (κ2) is 7.86. The molecule has 1 aliphatic heterocycles. The molecule has 4 heterocycles. The van der Waals surface area contributed by atoms with Crippen molar-refractivity contribution >= 4 is 27.8 Å². The Hall–Kier alpha value is -3.97. The molecule has 2 aromatic carbocycles. The van der Waals surface area contributed by atoms with Crippen molar-refractivity contribution in [1.29, 1.82) is 0 Å². The maximum absolute atomic E-state index is 12.9. The van der Waals surface area contributed by atoms with E-state index in [1.54, 1.807) is 0 Å². The van der Waals surface area contributed by atoms with Crippen LogP contribution >= 0.6 is 0 Å². The van der Waals surface area contributed by atoms with Gasteiger partial charge in [-0.15, -0.1) is 0 Å². The van der Waals surface area contributed by atoms with Gasteiger partial charge in [0.15, 0.2) is 5.65 Å². The molecule has 6 rings (SSSR count). The van der Waals surface area contributed by atoms with Gasteiger partial charge in [-0.05, 0) is 42.0 Å². The third kappa shape index (κ3) is 3.47. The van der Waals surface area contributed by atoms with Crippen LogP contribution in [0.2, 0.25) is 0 Å². The van der Waals surface area contributed by atoms with Gasteiger partial charge in [-0.25, -0.2) is 4.98 Å². The fourth-order valence-corrected chi connectivity index (χ4v) is 4.50. The molecule has 0 bridgehead atoms. The minimum atomic E-state index is 0.0364. The van der Waals surface area contributed by atoms with Crippen molar-refractivity contribution in [2.75, 3.05) is 26.3 Å². The lowest BCUT2D eigenvalue weighted by Gasteiger charge is -2.27. The maximum atomic E-state index is 12.9. The standard InChI is InChI=1S/C26H23N5O2/c1-30-8-7-18-14-19(5-6-23(18)30)24-22-15-21(16-27-25(22)29-28-24)17-3-2-4-20(13-17)26(32)31-9-11-33-12-10-31/h2-8,13-16H,9-12H2,1H3,(H,27,28,29). The molecule has 164 valence electrons. The van der Waals surface area contributed by atoms with Crippen molar-refractivity contribution in [3.63, 3.8) is 0 Å². The zero-order valence-electron chi connectivity index (χ0n) is 18.3. The fourth-order valence-electron chi connectivity index (χ4n) is 4.50. The first-order chi connectivity index (χ1) is 16.2. The number of pyridine rings is 1. The van der Waals surface area contributed by atoms with E-state index in [2.05, 4.69) is 56.3 Å². The highest BCUT2D eigenvalue weighted by Gasteiger charge is 2.19. The maximum Gasteiger partial charge on any atom is 0.254 e. The summed E-state index contributed by atoms with van der Waals surface area (Å²) in [4.78, 5) is 19.4. The highest BCUT2D eigenvalue weighted by atomic mass is 16.5. The van der Waals surface area contributed by atoms with E-state index >= 15 is 0 Å². The van der Waals surface area contributed by atoms with Gasteiger partial charge in [0, 0.05) is 65.5 Å². The van der Waals surface area contributed by atoms with Crippen LogP contribution in [0.25, 0.3) is 44.3 Å². The Morgan fingerprint density at radius 3 is 2.76 bits per heavy atom. The molecule has 1 saturated heterocycles. The van der Waals surface area contributed by atoms with Gasteiger partial charge in [-0.2, -0.15) is 5.10 Å². The van der Waals surface area contributed by atoms with Gasteiger partial charge in [0.05, 0.1) is 18.9 Å². The summed E-state index contributed by atoms with van der Waals surface area (Å²) in [6.07, 6.45) is 3.87. The molecule has 0 aliphatic carbocycles. The monoisotopic (exact) mass is 437 g/mol. The van der Waals surface area contributed by atoms with Gasteiger partial charge in [0.1, 0.15) is 0 Å². The summed E-state index contributed by atoms with van der Waals surface area (Å²) in [5, 5.41) is 9.70. The van der Waals surface area contributed by atoms with Crippen LogP contribution in [-0.4, -0.2) is 56.9 Å². The third-order valence-corrected chi connectivity index (χ3v) is 6.32. The highest BCUT2D eigenvalue weighted by molar-refractivity contribution is 5.98. The van der Waals surface area contributed by atoms with Gasteiger partial charge in [-0.1, -0.05) is 18.2 Å². The Morgan fingerprint density at radius 1 is 1.00 bits per heavy atom. The SMILES string of the molecule is Cn1ccc2cc(-c3[nH]nc4ncc(-c5cccc(C(=O)N6CCOCC6)c5)cc34)ccc21. The predicted octanol–water partition coefficient (Wildman–Crippen LogP) is 4.26. The van der Waals surface area contributed by atoms with Crippen LogP contribution in [0.1, 0.15) is 10.4 Å². The van der Waals surface area contributed by atoms with Gasteiger partial charge < -0.3 is 14.2 Å². The number of benzene rings is 2. The molecule has 5 aromatic rings. The Labute approximate surface area is 190 Å². The summed E-state index contributed by atoms with van der Waals surface area (Å²) in [6, 6.07) is 18.3. The van der Waals surface area contributed by atoms with Crippen LogP contribution in [0.3, 0.4) is 0 Å². The number of amides is 1. The summed E-state index contributed by atoms with van der Waals surface area (Å²) in [5.41, 5.74) is 6.43. The molecule has 0 atom stereocenters.